The van der Waals surface area contributed by atoms with E-state index in [-0.39, 0.29) is 24.3 Å². The van der Waals surface area contributed by atoms with Crippen molar-refractivity contribution in [2.24, 2.45) is 11.8 Å². The molecule has 8 nitrogen and oxygen atoms in total. The molecule has 8 heteroatoms. The van der Waals surface area contributed by atoms with E-state index in [0.717, 1.165) is 0 Å². The average Bonchev–Trinajstić information content (AvgIpc) is 3.00. The van der Waals surface area contributed by atoms with Crippen LogP contribution in [0.1, 0.15) is 47.5 Å². The fraction of sp³-hybridized carbons (Fsp3) is 0.667. The fourth-order valence-electron chi connectivity index (χ4n) is 4.29. The van der Waals surface area contributed by atoms with Gasteiger partial charge in [-0.05, 0) is 25.5 Å². The molecule has 3 heterocycles. The highest BCUT2D eigenvalue weighted by molar-refractivity contribution is 5.91. The van der Waals surface area contributed by atoms with E-state index in [9.17, 15) is 19.5 Å². The summed E-state index contributed by atoms with van der Waals surface area (Å²) in [6.45, 7) is 11.9. The molecule has 2 fully saturated rings. The number of esters is 3. The van der Waals surface area contributed by atoms with Gasteiger partial charge in [-0.15, -0.1) is 0 Å². The smallest absolute Gasteiger partial charge is 0.334 e. The number of hydrogen-bond donors (Lipinski definition) is 1. The molecule has 3 rings (SSSR count). The van der Waals surface area contributed by atoms with Crippen LogP contribution in [0.5, 0.6) is 0 Å². The Kier molecular flexibility index (Phi) is 5.38. The second-order valence-corrected chi connectivity index (χ2v) is 8.66. The van der Waals surface area contributed by atoms with Crippen LogP contribution in [0.25, 0.3) is 0 Å². The predicted molar refractivity (Wildman–Crippen MR) is 100 cm³/mol. The first-order valence-corrected chi connectivity index (χ1v) is 9.75. The van der Waals surface area contributed by atoms with Gasteiger partial charge in [-0.1, -0.05) is 20.4 Å². The molecular formula is C21H28O8. The molecule has 0 aromatic heterocycles. The molecule has 0 radical (unpaired) electrons. The van der Waals surface area contributed by atoms with Gasteiger partial charge >= 0.3 is 17.9 Å². The fourth-order valence-corrected chi connectivity index (χ4v) is 4.29. The van der Waals surface area contributed by atoms with E-state index >= 15 is 0 Å². The minimum Gasteiger partial charge on any atom is -0.461 e. The molecule has 0 saturated carbocycles. The summed E-state index contributed by atoms with van der Waals surface area (Å²) in [5, 5.41) is 11.3. The van der Waals surface area contributed by atoms with Crippen molar-refractivity contribution in [2.45, 2.75) is 77.2 Å². The quantitative estimate of drug-likeness (QED) is 0.326. The van der Waals surface area contributed by atoms with Crippen LogP contribution in [-0.4, -0.2) is 52.7 Å². The molecule has 2 saturated heterocycles. The Morgan fingerprint density at radius 3 is 2.55 bits per heavy atom. The Hall–Kier alpha value is -2.19. The summed E-state index contributed by atoms with van der Waals surface area (Å²) in [7, 11) is 0. The zero-order valence-electron chi connectivity index (χ0n) is 17.4. The van der Waals surface area contributed by atoms with Gasteiger partial charge in [-0.3, -0.25) is 9.59 Å². The summed E-state index contributed by atoms with van der Waals surface area (Å²) in [5.74, 6) is -4.39. The van der Waals surface area contributed by atoms with Crippen molar-refractivity contribution in [1.29, 1.82) is 0 Å². The lowest BCUT2D eigenvalue weighted by Crippen LogP contribution is -2.43. The highest BCUT2D eigenvalue weighted by atomic mass is 16.7. The van der Waals surface area contributed by atoms with Crippen LogP contribution in [0.4, 0.5) is 0 Å². The van der Waals surface area contributed by atoms with Gasteiger partial charge in [0.25, 0.3) is 0 Å². The number of carbonyl (C=O) groups excluding carboxylic acids is 3. The van der Waals surface area contributed by atoms with Crippen molar-refractivity contribution in [3.05, 3.63) is 23.8 Å². The molecule has 0 aromatic rings. The van der Waals surface area contributed by atoms with Crippen LogP contribution < -0.4 is 0 Å². The normalized spacial score (nSPS) is 40.9. The lowest BCUT2D eigenvalue weighted by molar-refractivity contribution is -0.232. The summed E-state index contributed by atoms with van der Waals surface area (Å²) in [4.78, 5) is 36.2. The molecule has 0 unspecified atom stereocenters. The minimum absolute atomic E-state index is 0.170. The zero-order valence-corrected chi connectivity index (χ0v) is 17.4. The number of aliphatic hydroxyl groups is 1. The van der Waals surface area contributed by atoms with Crippen LogP contribution in [0.15, 0.2) is 23.8 Å². The molecule has 0 aliphatic carbocycles. The SMILES string of the molecule is C=C1C(=O)O[C@@H]2/C=C(/C)[C@@]3(O)O[C@@](C)(C[C@H](OC(=O)C(C)C)[C@@H]12)C[C@@H]3OC(C)=O. The third kappa shape index (κ3) is 3.83. The van der Waals surface area contributed by atoms with Gasteiger partial charge in [0.1, 0.15) is 12.2 Å². The van der Waals surface area contributed by atoms with E-state index < -0.39 is 53.5 Å². The number of rotatable bonds is 3. The number of ether oxygens (including phenoxy) is 4. The molecule has 0 amide bonds. The second-order valence-electron chi connectivity index (χ2n) is 8.66. The molecular weight excluding hydrogens is 380 g/mol. The molecule has 6 atom stereocenters. The lowest BCUT2D eigenvalue weighted by atomic mass is 9.81. The van der Waals surface area contributed by atoms with Gasteiger partial charge < -0.3 is 24.1 Å². The van der Waals surface area contributed by atoms with Gasteiger partial charge in [0.2, 0.25) is 5.79 Å². The molecule has 29 heavy (non-hydrogen) atoms. The van der Waals surface area contributed by atoms with Crippen molar-refractivity contribution in [2.75, 3.05) is 0 Å². The third-order valence-corrected chi connectivity index (χ3v) is 5.78. The van der Waals surface area contributed by atoms with E-state index in [2.05, 4.69) is 6.58 Å². The summed E-state index contributed by atoms with van der Waals surface area (Å²) in [5.41, 5.74) is -0.418. The summed E-state index contributed by atoms with van der Waals surface area (Å²) >= 11 is 0. The minimum atomic E-state index is -1.88. The predicted octanol–water partition coefficient (Wildman–Crippen LogP) is 1.80. The molecule has 3 aliphatic heterocycles. The monoisotopic (exact) mass is 408 g/mol. The van der Waals surface area contributed by atoms with Crippen LogP contribution in [0.3, 0.4) is 0 Å². The van der Waals surface area contributed by atoms with E-state index in [1.165, 1.54) is 6.92 Å². The van der Waals surface area contributed by atoms with Crippen LogP contribution in [0.2, 0.25) is 0 Å². The first-order chi connectivity index (χ1) is 13.4. The van der Waals surface area contributed by atoms with Crippen molar-refractivity contribution < 1.29 is 38.4 Å². The third-order valence-electron chi connectivity index (χ3n) is 5.78. The molecule has 1 N–H and O–H groups in total. The Morgan fingerprint density at radius 2 is 1.97 bits per heavy atom. The lowest BCUT2D eigenvalue weighted by Gasteiger charge is -2.33. The van der Waals surface area contributed by atoms with E-state index in [1.54, 1.807) is 33.8 Å². The molecule has 3 aliphatic rings. The average molecular weight is 408 g/mol. The highest BCUT2D eigenvalue weighted by Gasteiger charge is 2.60. The molecule has 0 aromatic carbocycles. The van der Waals surface area contributed by atoms with Gasteiger partial charge in [0.15, 0.2) is 6.10 Å². The van der Waals surface area contributed by atoms with Crippen molar-refractivity contribution in [3.63, 3.8) is 0 Å². The standard InChI is InChI=1S/C21H28O8/c1-10(2)18(23)28-15-8-20(6)9-16(26-13(5)22)21(25,29-20)11(3)7-14-17(15)12(4)19(24)27-14/h7,10,14-17,25H,4,8-9H2,1-3,5-6H3/b11-7-/t14-,15+,16+,17+,20+,21-/m1/s1. The van der Waals surface area contributed by atoms with E-state index in [0.29, 0.717) is 5.57 Å². The Balaban J connectivity index is 2.07. The first-order valence-electron chi connectivity index (χ1n) is 9.75. The molecule has 160 valence electrons. The van der Waals surface area contributed by atoms with Crippen molar-refractivity contribution >= 4 is 17.9 Å². The largest absolute Gasteiger partial charge is 0.461 e. The molecule has 2 bridgehead atoms. The van der Waals surface area contributed by atoms with Crippen LogP contribution in [-0.2, 0) is 33.3 Å². The van der Waals surface area contributed by atoms with Crippen LogP contribution >= 0.6 is 0 Å². The Bertz CT molecular complexity index is 784. The van der Waals surface area contributed by atoms with Gasteiger partial charge in [0, 0.05) is 25.3 Å². The zero-order chi connectivity index (χ0) is 21.7. The summed E-state index contributed by atoms with van der Waals surface area (Å²) < 4.78 is 22.5. The van der Waals surface area contributed by atoms with Crippen molar-refractivity contribution in [3.8, 4) is 0 Å². The van der Waals surface area contributed by atoms with E-state index in [1.807, 2.05) is 0 Å². The number of carbonyl (C=O) groups is 3. The topological polar surface area (TPSA) is 108 Å². The number of hydrogen-bond acceptors (Lipinski definition) is 8. The first kappa shape index (κ1) is 21.5. The maximum atomic E-state index is 12.4. The van der Waals surface area contributed by atoms with E-state index in [4.69, 9.17) is 18.9 Å². The second kappa shape index (κ2) is 7.25. The van der Waals surface area contributed by atoms with Gasteiger partial charge in [-0.25, -0.2) is 4.79 Å². The Morgan fingerprint density at radius 1 is 1.31 bits per heavy atom. The van der Waals surface area contributed by atoms with Crippen molar-refractivity contribution in [1.82, 2.24) is 0 Å². The van der Waals surface area contributed by atoms with Gasteiger partial charge in [-0.2, -0.15) is 0 Å². The number of fused-ring (bicyclic) bond motifs is 3. The molecule has 0 spiro atoms. The van der Waals surface area contributed by atoms with Gasteiger partial charge in [0.05, 0.1) is 17.4 Å². The maximum Gasteiger partial charge on any atom is 0.334 e. The maximum absolute atomic E-state index is 12.4. The van der Waals surface area contributed by atoms with Crippen LogP contribution in [0, 0.1) is 11.8 Å². The summed E-state index contributed by atoms with van der Waals surface area (Å²) in [6.07, 6.45) is -0.564. The summed E-state index contributed by atoms with van der Waals surface area (Å²) in [6, 6.07) is 0. The Labute approximate surface area is 169 Å². The highest BCUT2D eigenvalue weighted by Crippen LogP contribution is 2.49.